The molecule has 1 aliphatic heterocycles. The quantitative estimate of drug-likeness (QED) is 0.861. The Balaban J connectivity index is 1.98. The van der Waals surface area contributed by atoms with E-state index in [9.17, 15) is 21.6 Å². The van der Waals surface area contributed by atoms with Crippen molar-refractivity contribution in [2.75, 3.05) is 19.0 Å². The van der Waals surface area contributed by atoms with Crippen LogP contribution in [-0.4, -0.2) is 33.7 Å². The maximum Gasteiger partial charge on any atom is 0.573 e. The van der Waals surface area contributed by atoms with Crippen molar-refractivity contribution in [1.82, 2.24) is 4.72 Å². The zero-order chi connectivity index (χ0) is 16.2. The highest BCUT2D eigenvalue weighted by Crippen LogP contribution is 2.26. The van der Waals surface area contributed by atoms with Gasteiger partial charge in [-0.2, -0.15) is 0 Å². The summed E-state index contributed by atoms with van der Waals surface area (Å²) < 4.78 is 72.0. The van der Waals surface area contributed by atoms with Crippen molar-refractivity contribution in [2.45, 2.75) is 19.3 Å². The van der Waals surface area contributed by atoms with E-state index in [-0.39, 0.29) is 23.8 Å². The zero-order valence-corrected chi connectivity index (χ0v) is 12.4. The number of alkyl halides is 3. The molecule has 1 aliphatic rings. The Bertz CT molecular complexity index is 598. The molecule has 1 fully saturated rings. The van der Waals surface area contributed by atoms with Crippen LogP contribution in [0.4, 0.5) is 13.2 Å². The minimum atomic E-state index is -4.82. The van der Waals surface area contributed by atoms with E-state index in [4.69, 9.17) is 4.74 Å². The summed E-state index contributed by atoms with van der Waals surface area (Å²) in [7, 11) is -3.59. The molecule has 0 aromatic heterocycles. The van der Waals surface area contributed by atoms with Crippen molar-refractivity contribution in [3.8, 4) is 5.75 Å². The molecule has 1 aromatic rings. The summed E-state index contributed by atoms with van der Waals surface area (Å²) in [6, 6.07) is 5.41. The molecule has 1 atom stereocenters. The molecule has 5 nitrogen and oxygen atoms in total. The molecule has 9 heteroatoms. The van der Waals surface area contributed by atoms with Crippen molar-refractivity contribution in [2.24, 2.45) is 5.92 Å². The lowest BCUT2D eigenvalue weighted by Crippen LogP contribution is -2.30. The number of hydrogen-bond acceptors (Lipinski definition) is 4. The van der Waals surface area contributed by atoms with Crippen LogP contribution in [-0.2, 0) is 21.3 Å². The Kier molecular flexibility index (Phi) is 5.30. The SMILES string of the molecule is O=S(=O)(CC1CCOC1)NCc1ccccc1OC(F)(F)F. The van der Waals surface area contributed by atoms with E-state index >= 15 is 0 Å². The maximum absolute atomic E-state index is 12.3. The van der Waals surface area contributed by atoms with Crippen LogP contribution in [0, 0.1) is 5.92 Å². The first kappa shape index (κ1) is 17.0. The number of hydrogen-bond donors (Lipinski definition) is 1. The van der Waals surface area contributed by atoms with Crippen LogP contribution in [0.3, 0.4) is 0 Å². The summed E-state index contributed by atoms with van der Waals surface area (Å²) in [5, 5.41) is 0. The molecule has 0 spiro atoms. The topological polar surface area (TPSA) is 64.6 Å². The number of benzene rings is 1. The average Bonchev–Trinajstić information content (AvgIpc) is 2.88. The fourth-order valence-corrected chi connectivity index (χ4v) is 3.52. The number of rotatable bonds is 6. The number of halogens is 3. The van der Waals surface area contributed by atoms with Crippen molar-refractivity contribution >= 4 is 10.0 Å². The van der Waals surface area contributed by atoms with E-state index in [0.717, 1.165) is 6.07 Å². The highest BCUT2D eigenvalue weighted by atomic mass is 32.2. The summed E-state index contributed by atoms with van der Waals surface area (Å²) in [6.45, 7) is 0.652. The van der Waals surface area contributed by atoms with Crippen LogP contribution in [0.1, 0.15) is 12.0 Å². The van der Waals surface area contributed by atoms with Gasteiger partial charge in [-0.15, -0.1) is 13.2 Å². The smallest absolute Gasteiger partial charge is 0.405 e. The summed E-state index contributed by atoms with van der Waals surface area (Å²) >= 11 is 0. The van der Waals surface area contributed by atoms with Crippen LogP contribution in [0.25, 0.3) is 0 Å². The van der Waals surface area contributed by atoms with Gasteiger partial charge in [0.05, 0.1) is 12.4 Å². The van der Waals surface area contributed by atoms with E-state index in [1.165, 1.54) is 18.2 Å². The van der Waals surface area contributed by atoms with E-state index in [1.54, 1.807) is 0 Å². The molecular weight excluding hydrogens is 323 g/mol. The van der Waals surface area contributed by atoms with E-state index < -0.39 is 22.1 Å². The van der Waals surface area contributed by atoms with Gasteiger partial charge in [0.2, 0.25) is 10.0 Å². The van der Waals surface area contributed by atoms with Crippen molar-refractivity contribution in [3.63, 3.8) is 0 Å². The van der Waals surface area contributed by atoms with Gasteiger partial charge < -0.3 is 9.47 Å². The van der Waals surface area contributed by atoms with Crippen LogP contribution in [0.2, 0.25) is 0 Å². The van der Waals surface area contributed by atoms with Gasteiger partial charge in [-0.05, 0) is 18.4 Å². The Morgan fingerprint density at radius 1 is 1.32 bits per heavy atom. The molecule has 0 radical (unpaired) electrons. The standard InChI is InChI=1S/C13H16F3NO4S/c14-13(15,16)21-12-4-2-1-3-11(12)7-17-22(18,19)9-10-5-6-20-8-10/h1-4,10,17H,5-9H2. The van der Waals surface area contributed by atoms with Crippen molar-refractivity contribution in [1.29, 1.82) is 0 Å². The molecule has 22 heavy (non-hydrogen) atoms. The lowest BCUT2D eigenvalue weighted by Gasteiger charge is -2.14. The second-order valence-corrected chi connectivity index (χ2v) is 6.84. The van der Waals surface area contributed by atoms with E-state index in [2.05, 4.69) is 9.46 Å². The normalized spacial score (nSPS) is 19.3. The molecule has 0 bridgehead atoms. The third-order valence-corrected chi connectivity index (χ3v) is 4.65. The number of para-hydroxylation sites is 1. The van der Waals surface area contributed by atoms with E-state index in [1.807, 2.05) is 0 Å². The number of ether oxygens (including phenoxy) is 2. The first-order valence-electron chi connectivity index (χ1n) is 6.64. The van der Waals surface area contributed by atoms with Gasteiger partial charge in [0.1, 0.15) is 5.75 Å². The summed E-state index contributed by atoms with van der Waals surface area (Å²) in [6.07, 6.45) is -4.16. The fourth-order valence-electron chi connectivity index (χ4n) is 2.15. The Labute approximate surface area is 126 Å². The lowest BCUT2D eigenvalue weighted by atomic mass is 10.2. The van der Waals surface area contributed by atoms with Gasteiger partial charge in [0.15, 0.2) is 0 Å². The predicted octanol–water partition coefficient (Wildman–Crippen LogP) is 2.04. The first-order valence-corrected chi connectivity index (χ1v) is 8.29. The second-order valence-electron chi connectivity index (χ2n) is 4.99. The average molecular weight is 339 g/mol. The van der Waals surface area contributed by atoms with Gasteiger partial charge in [-0.3, -0.25) is 0 Å². The highest BCUT2D eigenvalue weighted by molar-refractivity contribution is 7.89. The third-order valence-electron chi connectivity index (χ3n) is 3.16. The third kappa shape index (κ3) is 5.47. The minimum Gasteiger partial charge on any atom is -0.405 e. The number of nitrogens with one attached hydrogen (secondary N) is 1. The molecule has 1 N–H and O–H groups in total. The zero-order valence-electron chi connectivity index (χ0n) is 11.6. The summed E-state index contributed by atoms with van der Waals surface area (Å²) in [5.74, 6) is -0.601. The Hall–Kier alpha value is -1.32. The molecular formula is C13H16F3NO4S. The van der Waals surface area contributed by atoms with Crippen LogP contribution in [0.15, 0.2) is 24.3 Å². The minimum absolute atomic E-state index is 0.0841. The van der Waals surface area contributed by atoms with Crippen LogP contribution in [0.5, 0.6) is 5.75 Å². The molecule has 124 valence electrons. The second kappa shape index (κ2) is 6.84. The molecule has 0 aliphatic carbocycles. The highest BCUT2D eigenvalue weighted by Gasteiger charge is 2.32. The lowest BCUT2D eigenvalue weighted by molar-refractivity contribution is -0.274. The van der Waals surface area contributed by atoms with Gasteiger partial charge in [0, 0.05) is 18.7 Å². The maximum atomic E-state index is 12.3. The number of sulfonamides is 1. The van der Waals surface area contributed by atoms with E-state index in [0.29, 0.717) is 19.6 Å². The summed E-state index contributed by atoms with van der Waals surface area (Å²) in [4.78, 5) is 0. The van der Waals surface area contributed by atoms with Crippen molar-refractivity contribution in [3.05, 3.63) is 29.8 Å². The first-order chi connectivity index (χ1) is 10.3. The van der Waals surface area contributed by atoms with Gasteiger partial charge in [-0.1, -0.05) is 18.2 Å². The molecule has 1 heterocycles. The van der Waals surface area contributed by atoms with Crippen LogP contribution < -0.4 is 9.46 Å². The molecule has 2 rings (SSSR count). The monoisotopic (exact) mass is 339 g/mol. The summed E-state index contributed by atoms with van der Waals surface area (Å²) in [5.41, 5.74) is 0.117. The molecule has 1 unspecified atom stereocenters. The molecule has 0 saturated carbocycles. The molecule has 0 amide bonds. The Morgan fingerprint density at radius 2 is 2.05 bits per heavy atom. The van der Waals surface area contributed by atoms with Crippen molar-refractivity contribution < 1.29 is 31.1 Å². The van der Waals surface area contributed by atoms with Gasteiger partial charge in [-0.25, -0.2) is 13.1 Å². The van der Waals surface area contributed by atoms with Gasteiger partial charge in [0.25, 0.3) is 0 Å². The van der Waals surface area contributed by atoms with Gasteiger partial charge >= 0.3 is 6.36 Å². The van der Waals surface area contributed by atoms with Crippen LogP contribution >= 0.6 is 0 Å². The largest absolute Gasteiger partial charge is 0.573 e. The molecule has 1 aromatic carbocycles. The predicted molar refractivity (Wildman–Crippen MR) is 72.7 cm³/mol. The molecule has 1 saturated heterocycles. The fraction of sp³-hybridized carbons (Fsp3) is 0.538. The Morgan fingerprint density at radius 3 is 2.68 bits per heavy atom.